The Hall–Kier alpha value is -1.36. The van der Waals surface area contributed by atoms with Gasteiger partial charge < -0.3 is 10.1 Å². The van der Waals surface area contributed by atoms with E-state index in [9.17, 15) is 0 Å². The Morgan fingerprint density at radius 3 is 2.65 bits per heavy atom. The molecule has 0 fully saturated rings. The standard InChI is InChI=1S/C15H20ClN3O/c1-11-4-6-12(7-5-11)14(17-2)15-13(16)10-18-19(15)8-9-20-3/h4-7,10,14,17H,8-9H2,1-3H3. The van der Waals surface area contributed by atoms with Crippen LogP contribution in [0.5, 0.6) is 0 Å². The van der Waals surface area contributed by atoms with E-state index in [4.69, 9.17) is 16.3 Å². The molecule has 0 bridgehead atoms. The van der Waals surface area contributed by atoms with Crippen LogP contribution < -0.4 is 5.32 Å². The van der Waals surface area contributed by atoms with E-state index >= 15 is 0 Å². The summed E-state index contributed by atoms with van der Waals surface area (Å²) in [4.78, 5) is 0. The largest absolute Gasteiger partial charge is 0.383 e. The number of hydrogen-bond acceptors (Lipinski definition) is 3. The molecule has 2 aromatic rings. The minimum absolute atomic E-state index is 0.0162. The van der Waals surface area contributed by atoms with Gasteiger partial charge in [0.2, 0.25) is 0 Å². The zero-order valence-electron chi connectivity index (χ0n) is 12.1. The summed E-state index contributed by atoms with van der Waals surface area (Å²) in [7, 11) is 3.61. The van der Waals surface area contributed by atoms with Gasteiger partial charge in [0.25, 0.3) is 0 Å². The van der Waals surface area contributed by atoms with Crippen LogP contribution in [0.15, 0.2) is 30.5 Å². The van der Waals surface area contributed by atoms with E-state index in [1.807, 2.05) is 11.7 Å². The number of rotatable bonds is 6. The molecular formula is C15H20ClN3O. The van der Waals surface area contributed by atoms with Gasteiger partial charge in [-0.1, -0.05) is 41.4 Å². The van der Waals surface area contributed by atoms with Crippen LogP contribution in [0, 0.1) is 6.92 Å². The van der Waals surface area contributed by atoms with E-state index in [0.717, 1.165) is 5.69 Å². The second-order valence-electron chi connectivity index (χ2n) is 4.73. The quantitative estimate of drug-likeness (QED) is 0.890. The summed E-state index contributed by atoms with van der Waals surface area (Å²) >= 11 is 6.31. The van der Waals surface area contributed by atoms with Crippen LogP contribution in [0.3, 0.4) is 0 Å². The van der Waals surface area contributed by atoms with Crippen molar-refractivity contribution in [2.45, 2.75) is 19.5 Å². The molecule has 0 spiro atoms. The average molecular weight is 294 g/mol. The Kier molecular flexibility index (Phi) is 5.17. The van der Waals surface area contributed by atoms with Crippen LogP contribution in [0.1, 0.15) is 22.9 Å². The molecule has 4 nitrogen and oxygen atoms in total. The number of hydrogen-bond donors (Lipinski definition) is 1. The maximum atomic E-state index is 6.31. The van der Waals surface area contributed by atoms with Gasteiger partial charge in [-0.15, -0.1) is 0 Å². The highest BCUT2D eigenvalue weighted by Gasteiger charge is 2.20. The number of aromatic nitrogens is 2. The number of halogens is 1. The van der Waals surface area contributed by atoms with E-state index < -0.39 is 0 Å². The van der Waals surface area contributed by atoms with Gasteiger partial charge in [0.15, 0.2) is 0 Å². The molecular weight excluding hydrogens is 274 g/mol. The van der Waals surface area contributed by atoms with Gasteiger partial charge >= 0.3 is 0 Å². The topological polar surface area (TPSA) is 39.1 Å². The first-order valence-electron chi connectivity index (χ1n) is 6.61. The second kappa shape index (κ2) is 6.88. The summed E-state index contributed by atoms with van der Waals surface area (Å²) in [5.74, 6) is 0. The summed E-state index contributed by atoms with van der Waals surface area (Å²) < 4.78 is 7.02. The molecule has 0 aliphatic rings. The van der Waals surface area contributed by atoms with E-state index in [-0.39, 0.29) is 6.04 Å². The van der Waals surface area contributed by atoms with Gasteiger partial charge in [-0.25, -0.2) is 0 Å². The lowest BCUT2D eigenvalue weighted by molar-refractivity contribution is 0.182. The zero-order valence-corrected chi connectivity index (χ0v) is 12.8. The molecule has 20 heavy (non-hydrogen) atoms. The third-order valence-electron chi connectivity index (χ3n) is 3.31. The highest BCUT2D eigenvalue weighted by molar-refractivity contribution is 6.31. The zero-order chi connectivity index (χ0) is 14.5. The Morgan fingerprint density at radius 1 is 1.35 bits per heavy atom. The fourth-order valence-electron chi connectivity index (χ4n) is 2.24. The Morgan fingerprint density at radius 2 is 2.05 bits per heavy atom. The van der Waals surface area contributed by atoms with Crippen LogP contribution in [-0.2, 0) is 11.3 Å². The van der Waals surface area contributed by atoms with E-state index in [2.05, 4.69) is 41.6 Å². The number of methoxy groups -OCH3 is 1. The molecule has 1 heterocycles. The molecule has 0 amide bonds. The van der Waals surface area contributed by atoms with Gasteiger partial charge in [0.05, 0.1) is 36.1 Å². The second-order valence-corrected chi connectivity index (χ2v) is 5.13. The molecule has 0 aliphatic carbocycles. The van der Waals surface area contributed by atoms with Crippen molar-refractivity contribution in [2.75, 3.05) is 20.8 Å². The first-order valence-corrected chi connectivity index (χ1v) is 6.99. The highest BCUT2D eigenvalue weighted by Crippen LogP contribution is 2.28. The van der Waals surface area contributed by atoms with Crippen LogP contribution in [-0.4, -0.2) is 30.5 Å². The first kappa shape index (κ1) is 15.0. The summed E-state index contributed by atoms with van der Waals surface area (Å²) in [6, 6.07) is 8.44. The molecule has 2 rings (SSSR count). The minimum atomic E-state index is 0.0162. The van der Waals surface area contributed by atoms with E-state index in [1.54, 1.807) is 13.3 Å². The maximum Gasteiger partial charge on any atom is 0.0837 e. The van der Waals surface area contributed by atoms with Crippen molar-refractivity contribution in [1.29, 1.82) is 0 Å². The molecule has 0 aliphatic heterocycles. The van der Waals surface area contributed by atoms with Crippen molar-refractivity contribution in [1.82, 2.24) is 15.1 Å². The minimum Gasteiger partial charge on any atom is -0.383 e. The number of ether oxygens (including phenoxy) is 1. The molecule has 1 atom stereocenters. The normalized spacial score (nSPS) is 12.6. The molecule has 108 valence electrons. The molecule has 1 N–H and O–H groups in total. The van der Waals surface area contributed by atoms with Crippen LogP contribution in [0.2, 0.25) is 5.02 Å². The van der Waals surface area contributed by atoms with Crippen molar-refractivity contribution in [3.8, 4) is 0 Å². The van der Waals surface area contributed by atoms with Crippen molar-refractivity contribution in [2.24, 2.45) is 0 Å². The Labute approximate surface area is 124 Å². The van der Waals surface area contributed by atoms with Crippen LogP contribution >= 0.6 is 11.6 Å². The fraction of sp³-hybridized carbons (Fsp3) is 0.400. The molecule has 1 aromatic carbocycles. The summed E-state index contributed by atoms with van der Waals surface area (Å²) in [5, 5.41) is 8.31. The SMILES string of the molecule is CNC(c1ccc(C)cc1)c1c(Cl)cnn1CCOC. The van der Waals surface area contributed by atoms with Crippen molar-refractivity contribution in [3.63, 3.8) is 0 Å². The van der Waals surface area contributed by atoms with E-state index in [1.165, 1.54) is 11.1 Å². The summed E-state index contributed by atoms with van der Waals surface area (Å²) in [5.41, 5.74) is 3.37. The van der Waals surface area contributed by atoms with Gasteiger partial charge in [-0.3, -0.25) is 4.68 Å². The maximum absolute atomic E-state index is 6.31. The molecule has 1 unspecified atom stereocenters. The van der Waals surface area contributed by atoms with Crippen molar-refractivity contribution in [3.05, 3.63) is 52.3 Å². The highest BCUT2D eigenvalue weighted by atomic mass is 35.5. The van der Waals surface area contributed by atoms with Crippen molar-refractivity contribution < 1.29 is 4.74 Å². The lowest BCUT2D eigenvalue weighted by atomic mass is 10.0. The van der Waals surface area contributed by atoms with Gasteiger partial charge in [-0.05, 0) is 19.5 Å². The summed E-state index contributed by atoms with van der Waals surface area (Å²) in [6.07, 6.45) is 1.69. The smallest absolute Gasteiger partial charge is 0.0837 e. The molecule has 0 saturated carbocycles. The molecule has 0 radical (unpaired) electrons. The average Bonchev–Trinajstić information content (AvgIpc) is 2.81. The van der Waals surface area contributed by atoms with Crippen molar-refractivity contribution >= 4 is 11.6 Å². The van der Waals surface area contributed by atoms with E-state index in [0.29, 0.717) is 18.2 Å². The monoisotopic (exact) mass is 293 g/mol. The number of nitrogens with zero attached hydrogens (tertiary/aromatic N) is 2. The third-order valence-corrected chi connectivity index (χ3v) is 3.60. The van der Waals surface area contributed by atoms with Crippen LogP contribution in [0.4, 0.5) is 0 Å². The fourth-order valence-corrected chi connectivity index (χ4v) is 2.49. The lowest BCUT2D eigenvalue weighted by Gasteiger charge is -2.19. The van der Waals surface area contributed by atoms with Gasteiger partial charge in [0, 0.05) is 7.11 Å². The Balaban J connectivity index is 2.35. The molecule has 5 heteroatoms. The van der Waals surface area contributed by atoms with Gasteiger partial charge in [0.1, 0.15) is 0 Å². The van der Waals surface area contributed by atoms with Crippen LogP contribution in [0.25, 0.3) is 0 Å². The number of nitrogens with one attached hydrogen (secondary N) is 1. The molecule has 1 aromatic heterocycles. The predicted molar refractivity (Wildman–Crippen MR) is 81.2 cm³/mol. The summed E-state index contributed by atoms with van der Waals surface area (Å²) in [6.45, 7) is 3.37. The number of aryl methyl sites for hydroxylation is 1. The number of benzene rings is 1. The predicted octanol–water partition coefficient (Wildman–Crippen LogP) is 2.80. The first-order chi connectivity index (χ1) is 9.67. The lowest BCUT2D eigenvalue weighted by Crippen LogP contribution is -2.23. The molecule has 0 saturated heterocycles. The third kappa shape index (κ3) is 3.20. The Bertz CT molecular complexity index is 551. The van der Waals surface area contributed by atoms with Gasteiger partial charge in [-0.2, -0.15) is 5.10 Å².